The molecule has 5 rings (SSSR count). The van der Waals surface area contributed by atoms with Crippen molar-refractivity contribution in [3.8, 4) is 5.75 Å². The van der Waals surface area contributed by atoms with Crippen LogP contribution in [0.5, 0.6) is 5.75 Å². The van der Waals surface area contributed by atoms with Crippen LogP contribution in [0.3, 0.4) is 0 Å². The van der Waals surface area contributed by atoms with Crippen LogP contribution in [-0.2, 0) is 21.4 Å². The number of aromatic carboxylic acids is 1. The van der Waals surface area contributed by atoms with E-state index in [0.717, 1.165) is 50.2 Å². The lowest BCUT2D eigenvalue weighted by Gasteiger charge is -2.21. The van der Waals surface area contributed by atoms with Crippen molar-refractivity contribution in [2.24, 2.45) is 5.92 Å². The predicted molar refractivity (Wildman–Crippen MR) is 122 cm³/mol. The monoisotopic (exact) mass is 490 g/mol. The number of carboxylic acid groups (broad SMARTS) is 1. The Bertz CT molecular complexity index is 1230. The Balaban J connectivity index is 1.42. The second-order valence-corrected chi connectivity index (χ2v) is 10.7. The van der Waals surface area contributed by atoms with E-state index in [1.54, 1.807) is 6.07 Å². The van der Waals surface area contributed by atoms with E-state index in [0.29, 0.717) is 12.5 Å². The van der Waals surface area contributed by atoms with Crippen molar-refractivity contribution in [3.05, 3.63) is 52.8 Å². The van der Waals surface area contributed by atoms with E-state index in [1.807, 2.05) is 0 Å². The van der Waals surface area contributed by atoms with Crippen molar-refractivity contribution in [3.63, 3.8) is 0 Å². The van der Waals surface area contributed by atoms with Gasteiger partial charge < -0.3 is 19.5 Å². The number of hydrogen-bond acceptors (Lipinski definition) is 6. The van der Waals surface area contributed by atoms with Crippen LogP contribution < -0.4 is 9.46 Å². The Hall–Kier alpha value is -2.69. The highest BCUT2D eigenvalue weighted by Gasteiger charge is 2.45. The van der Waals surface area contributed by atoms with Crippen LogP contribution in [-0.4, -0.2) is 56.7 Å². The zero-order valence-corrected chi connectivity index (χ0v) is 19.6. The maximum Gasteiger partial charge on any atom is 0.341 e. The molecule has 2 aliphatic heterocycles. The minimum atomic E-state index is -4.23. The van der Waals surface area contributed by atoms with Gasteiger partial charge in [-0.15, -0.1) is 0 Å². The molecule has 34 heavy (non-hydrogen) atoms. The summed E-state index contributed by atoms with van der Waals surface area (Å²) >= 11 is 0. The predicted octanol–water partition coefficient (Wildman–Crippen LogP) is 3.43. The van der Waals surface area contributed by atoms with Crippen molar-refractivity contribution in [1.29, 1.82) is 0 Å². The van der Waals surface area contributed by atoms with Crippen LogP contribution in [0.25, 0.3) is 0 Å². The van der Waals surface area contributed by atoms with E-state index in [9.17, 15) is 22.7 Å². The molecule has 0 spiro atoms. The van der Waals surface area contributed by atoms with Crippen LogP contribution in [0.1, 0.15) is 47.2 Å². The first-order valence-corrected chi connectivity index (χ1v) is 12.9. The molecule has 0 aromatic heterocycles. The van der Waals surface area contributed by atoms with Crippen molar-refractivity contribution < 1.29 is 32.2 Å². The Morgan fingerprint density at radius 1 is 1.32 bits per heavy atom. The molecule has 3 atom stereocenters. The number of rotatable bonds is 8. The molecule has 2 heterocycles. The Morgan fingerprint density at radius 3 is 2.88 bits per heavy atom. The molecule has 0 radical (unpaired) electrons. The molecule has 1 unspecified atom stereocenters. The third-order valence-electron chi connectivity index (χ3n) is 6.87. The molecule has 182 valence electrons. The molecule has 2 aromatic rings. The van der Waals surface area contributed by atoms with Gasteiger partial charge in [0.05, 0.1) is 29.9 Å². The Morgan fingerprint density at radius 2 is 2.15 bits per heavy atom. The molecule has 1 aliphatic carbocycles. The van der Waals surface area contributed by atoms with Gasteiger partial charge in [-0.05, 0) is 55.1 Å². The summed E-state index contributed by atoms with van der Waals surface area (Å²) in [5.74, 6) is -0.990. The zero-order chi connectivity index (χ0) is 24.0. The fourth-order valence-electron chi connectivity index (χ4n) is 4.90. The number of nitrogens with zero attached hydrogens (tertiary/aromatic N) is 1. The quantitative estimate of drug-likeness (QED) is 0.584. The van der Waals surface area contributed by atoms with Gasteiger partial charge in [0, 0.05) is 24.6 Å². The topological polar surface area (TPSA) is 105 Å². The highest BCUT2D eigenvalue weighted by atomic mass is 32.2. The fourth-order valence-corrected chi connectivity index (χ4v) is 6.18. The molecule has 1 saturated carbocycles. The number of likely N-dealkylation sites (N-methyl/N-ethyl adjacent to an activating group) is 1. The number of nitrogens with one attached hydrogen (secondary N) is 1. The van der Waals surface area contributed by atoms with Crippen molar-refractivity contribution >= 4 is 21.7 Å². The number of benzene rings is 2. The highest BCUT2D eigenvalue weighted by Crippen LogP contribution is 2.55. The number of carbonyl (C=O) groups is 1. The van der Waals surface area contributed by atoms with Gasteiger partial charge in [0.1, 0.15) is 17.1 Å². The molecular weight excluding hydrogens is 463 g/mol. The van der Waals surface area contributed by atoms with Gasteiger partial charge in [-0.25, -0.2) is 17.6 Å². The Labute approximate surface area is 197 Å². The Kier molecular flexibility index (Phi) is 5.99. The maximum absolute atomic E-state index is 14.0. The molecule has 2 aromatic carbocycles. The number of likely N-dealkylation sites (tertiary alicyclic amines) is 1. The number of fused-ring (bicyclic) bond motifs is 3. The van der Waals surface area contributed by atoms with Gasteiger partial charge in [0.2, 0.25) is 0 Å². The van der Waals surface area contributed by atoms with Crippen LogP contribution >= 0.6 is 0 Å². The van der Waals surface area contributed by atoms with E-state index < -0.39 is 21.8 Å². The number of ether oxygens (including phenoxy) is 2. The van der Waals surface area contributed by atoms with Crippen LogP contribution in [0.2, 0.25) is 0 Å². The van der Waals surface area contributed by atoms with Gasteiger partial charge in [-0.1, -0.05) is 13.0 Å². The standard InChI is InChI=1S/C24H27FN2O6S/c1-2-27-8-7-17(11-27)32-13-15-9-16(25)3-6-21(15)34(30,31)26-20-5-4-18-19-10-14(19)12-33-23(18)22(20)24(28)29/h3-6,9,14,17,19,26H,2,7-8,10-13H2,1H3,(H,28,29)/t14-,17?,19-/m0/s1. The summed E-state index contributed by atoms with van der Waals surface area (Å²) in [6.07, 6.45) is 1.70. The largest absolute Gasteiger partial charge is 0.492 e. The average Bonchev–Trinajstić information content (AvgIpc) is 3.45. The molecule has 1 saturated heterocycles. The van der Waals surface area contributed by atoms with Crippen LogP contribution in [0.15, 0.2) is 35.2 Å². The summed E-state index contributed by atoms with van der Waals surface area (Å²) in [5, 5.41) is 9.84. The van der Waals surface area contributed by atoms with Crippen molar-refractivity contribution in [2.75, 3.05) is 31.0 Å². The summed E-state index contributed by atoms with van der Waals surface area (Å²) in [4.78, 5) is 14.1. The van der Waals surface area contributed by atoms with Crippen molar-refractivity contribution in [2.45, 2.75) is 43.3 Å². The highest BCUT2D eigenvalue weighted by molar-refractivity contribution is 7.92. The fraction of sp³-hybridized carbons (Fsp3) is 0.458. The van der Waals surface area contributed by atoms with Gasteiger partial charge in [0.25, 0.3) is 10.0 Å². The van der Waals surface area contributed by atoms with Gasteiger partial charge >= 0.3 is 5.97 Å². The van der Waals surface area contributed by atoms with Crippen molar-refractivity contribution in [1.82, 2.24) is 4.90 Å². The summed E-state index contributed by atoms with van der Waals surface area (Å²) in [7, 11) is -4.23. The van der Waals surface area contributed by atoms with Gasteiger partial charge in [-0.2, -0.15) is 0 Å². The zero-order valence-electron chi connectivity index (χ0n) is 18.8. The lowest BCUT2D eigenvalue weighted by molar-refractivity contribution is 0.0457. The smallest absolute Gasteiger partial charge is 0.341 e. The molecule has 3 aliphatic rings. The van der Waals surface area contributed by atoms with Gasteiger partial charge in [-0.3, -0.25) is 4.72 Å². The molecule has 0 bridgehead atoms. The SMILES string of the molecule is CCN1CCC(OCc2cc(F)ccc2S(=O)(=O)Nc2ccc3c(c2C(=O)O)OC[C@@H]2C[C@H]32)C1. The molecule has 2 N–H and O–H groups in total. The summed E-state index contributed by atoms with van der Waals surface area (Å²) in [5.41, 5.74) is 0.674. The summed E-state index contributed by atoms with van der Waals surface area (Å²) < 4.78 is 54.6. The van der Waals surface area contributed by atoms with Gasteiger partial charge in [0.15, 0.2) is 0 Å². The minimum absolute atomic E-state index is 0.0608. The van der Waals surface area contributed by atoms with Crippen LogP contribution in [0.4, 0.5) is 10.1 Å². The molecule has 10 heteroatoms. The number of anilines is 1. The molecule has 8 nitrogen and oxygen atoms in total. The second-order valence-electron chi connectivity index (χ2n) is 9.10. The average molecular weight is 491 g/mol. The molecule has 2 fully saturated rings. The summed E-state index contributed by atoms with van der Waals surface area (Å²) in [6.45, 7) is 4.96. The second kappa shape index (κ2) is 8.83. The lowest BCUT2D eigenvalue weighted by atomic mass is 10.0. The van der Waals surface area contributed by atoms with E-state index >= 15 is 0 Å². The lowest BCUT2D eigenvalue weighted by Crippen LogP contribution is -2.23. The number of sulfonamides is 1. The molecular formula is C24H27FN2O6S. The number of halogens is 1. The normalized spacial score (nSPS) is 23.6. The number of hydrogen-bond donors (Lipinski definition) is 2. The van der Waals surface area contributed by atoms with E-state index in [4.69, 9.17) is 9.47 Å². The van der Waals surface area contributed by atoms with Crippen LogP contribution in [0, 0.1) is 11.7 Å². The minimum Gasteiger partial charge on any atom is -0.492 e. The first-order chi connectivity index (χ1) is 16.3. The third-order valence-corrected chi connectivity index (χ3v) is 8.34. The van der Waals surface area contributed by atoms with E-state index in [1.165, 1.54) is 12.1 Å². The number of carboxylic acids is 1. The first kappa shape index (κ1) is 23.1. The molecule has 0 amide bonds. The third kappa shape index (κ3) is 4.37. The van der Waals surface area contributed by atoms with E-state index in [-0.39, 0.29) is 46.1 Å². The first-order valence-electron chi connectivity index (χ1n) is 11.4. The van der Waals surface area contributed by atoms with E-state index in [2.05, 4.69) is 16.5 Å². The summed E-state index contributed by atoms with van der Waals surface area (Å²) in [6, 6.07) is 6.56. The maximum atomic E-state index is 14.0.